The van der Waals surface area contributed by atoms with Crippen molar-refractivity contribution in [3.8, 4) is 11.3 Å². The van der Waals surface area contributed by atoms with Crippen molar-refractivity contribution in [3.63, 3.8) is 0 Å². The van der Waals surface area contributed by atoms with Crippen LogP contribution in [0.3, 0.4) is 0 Å². The van der Waals surface area contributed by atoms with E-state index in [9.17, 15) is 9.59 Å². The lowest BCUT2D eigenvalue weighted by Crippen LogP contribution is -2.45. The maximum atomic E-state index is 12.6. The summed E-state index contributed by atoms with van der Waals surface area (Å²) in [4.78, 5) is 29.8. The van der Waals surface area contributed by atoms with Crippen molar-refractivity contribution in [1.29, 1.82) is 0 Å². The van der Waals surface area contributed by atoms with Crippen molar-refractivity contribution in [2.24, 2.45) is 5.73 Å². The van der Waals surface area contributed by atoms with Crippen molar-refractivity contribution in [3.05, 3.63) is 41.4 Å². The Morgan fingerprint density at radius 1 is 1.31 bits per heavy atom. The Labute approximate surface area is 157 Å². The van der Waals surface area contributed by atoms with E-state index in [1.165, 1.54) is 0 Å². The zero-order chi connectivity index (χ0) is 18.5. The highest BCUT2D eigenvalue weighted by Gasteiger charge is 2.27. The maximum absolute atomic E-state index is 12.6. The summed E-state index contributed by atoms with van der Waals surface area (Å²) in [7, 11) is 0. The van der Waals surface area contributed by atoms with Gasteiger partial charge in [0.2, 0.25) is 11.8 Å². The van der Waals surface area contributed by atoms with Crippen LogP contribution >= 0.6 is 11.6 Å². The molecule has 1 fully saturated rings. The predicted octanol–water partition coefficient (Wildman–Crippen LogP) is 3.18. The molecule has 1 unspecified atom stereocenters. The molecule has 26 heavy (non-hydrogen) atoms. The number of carbonyl (C=O) groups is 2. The molecule has 1 aliphatic rings. The Bertz CT molecular complexity index is 790. The van der Waals surface area contributed by atoms with Crippen molar-refractivity contribution in [1.82, 2.24) is 9.88 Å². The fraction of sp³-hybridized carbons (Fsp3) is 0.421. The molecule has 0 radical (unpaired) electrons. The Balaban J connectivity index is 1.61. The van der Waals surface area contributed by atoms with E-state index >= 15 is 0 Å². The molecule has 0 saturated carbocycles. The summed E-state index contributed by atoms with van der Waals surface area (Å²) in [5.41, 5.74) is 6.08. The van der Waals surface area contributed by atoms with E-state index in [0.29, 0.717) is 29.6 Å². The van der Waals surface area contributed by atoms with Crippen molar-refractivity contribution >= 4 is 23.4 Å². The average Bonchev–Trinajstić information content (AvgIpc) is 3.09. The molecule has 3 rings (SSSR count). The number of aromatic nitrogens is 1. The Kier molecular flexibility index (Phi) is 5.93. The minimum absolute atomic E-state index is 0.00782. The van der Waals surface area contributed by atoms with E-state index < -0.39 is 0 Å². The second-order valence-corrected chi connectivity index (χ2v) is 6.91. The van der Waals surface area contributed by atoms with Crippen molar-refractivity contribution in [2.75, 3.05) is 6.54 Å². The van der Waals surface area contributed by atoms with E-state index in [1.807, 2.05) is 18.2 Å². The molecule has 0 spiro atoms. The second-order valence-electron chi connectivity index (χ2n) is 6.51. The van der Waals surface area contributed by atoms with Crippen LogP contribution in [0.5, 0.6) is 0 Å². The largest absolute Gasteiger partial charge is 0.441 e. The van der Waals surface area contributed by atoms with E-state index in [2.05, 4.69) is 4.98 Å². The third-order valence-corrected chi connectivity index (χ3v) is 4.96. The molecule has 1 saturated heterocycles. The van der Waals surface area contributed by atoms with Gasteiger partial charge < -0.3 is 15.1 Å². The number of halogens is 1. The zero-order valence-corrected chi connectivity index (χ0v) is 15.2. The number of carbonyl (C=O) groups excluding carboxylic acids is 2. The molecule has 7 heteroatoms. The molecule has 0 aliphatic carbocycles. The first-order valence-electron chi connectivity index (χ1n) is 8.82. The molecule has 0 bridgehead atoms. The SMILES string of the molecule is NC(=O)CC1CCCCN1C(=O)CCc1ncc(-c2ccccc2Cl)o1. The molecule has 1 atom stereocenters. The van der Waals surface area contributed by atoms with Gasteiger partial charge >= 0.3 is 0 Å². The molecule has 1 aliphatic heterocycles. The van der Waals surface area contributed by atoms with Crippen molar-refractivity contribution < 1.29 is 14.0 Å². The molecular weight excluding hydrogens is 354 g/mol. The number of amides is 2. The van der Waals surface area contributed by atoms with Crippen LogP contribution in [0.1, 0.15) is 38.0 Å². The number of benzene rings is 1. The number of rotatable bonds is 6. The first-order valence-corrected chi connectivity index (χ1v) is 9.20. The first kappa shape index (κ1) is 18.5. The fourth-order valence-corrected chi connectivity index (χ4v) is 3.57. The number of hydrogen-bond acceptors (Lipinski definition) is 4. The van der Waals surface area contributed by atoms with Crippen LogP contribution in [0.25, 0.3) is 11.3 Å². The van der Waals surface area contributed by atoms with Crippen LogP contribution < -0.4 is 5.73 Å². The average molecular weight is 376 g/mol. The third-order valence-electron chi connectivity index (χ3n) is 4.63. The normalized spacial score (nSPS) is 17.3. The lowest BCUT2D eigenvalue weighted by Gasteiger charge is -2.35. The summed E-state index contributed by atoms with van der Waals surface area (Å²) in [6.07, 6.45) is 5.34. The number of primary amides is 1. The summed E-state index contributed by atoms with van der Waals surface area (Å²) >= 11 is 6.17. The number of hydrogen-bond donors (Lipinski definition) is 1. The molecule has 2 aromatic rings. The second kappa shape index (κ2) is 8.36. The number of oxazole rings is 1. The summed E-state index contributed by atoms with van der Waals surface area (Å²) in [5, 5.41) is 0.592. The minimum atomic E-state index is -0.369. The van der Waals surface area contributed by atoms with Crippen molar-refractivity contribution in [2.45, 2.75) is 44.6 Å². The lowest BCUT2D eigenvalue weighted by molar-refractivity contribution is -0.135. The van der Waals surface area contributed by atoms with Gasteiger partial charge in [0.15, 0.2) is 11.7 Å². The summed E-state index contributed by atoms with van der Waals surface area (Å²) in [5.74, 6) is 0.722. The summed E-state index contributed by atoms with van der Waals surface area (Å²) in [6.45, 7) is 0.674. The number of likely N-dealkylation sites (tertiary alicyclic amines) is 1. The van der Waals surface area contributed by atoms with Gasteiger partial charge in [-0.15, -0.1) is 0 Å². The lowest BCUT2D eigenvalue weighted by atomic mass is 9.98. The molecular formula is C19H22ClN3O3. The number of nitrogens with two attached hydrogens (primary N) is 1. The Morgan fingerprint density at radius 3 is 2.88 bits per heavy atom. The maximum Gasteiger partial charge on any atom is 0.223 e. The van der Waals surface area contributed by atoms with Crippen LogP contribution in [0.4, 0.5) is 0 Å². The predicted molar refractivity (Wildman–Crippen MR) is 98.4 cm³/mol. The van der Waals surface area contributed by atoms with Crippen LogP contribution in [-0.2, 0) is 16.0 Å². The topological polar surface area (TPSA) is 89.4 Å². The highest BCUT2D eigenvalue weighted by molar-refractivity contribution is 6.33. The van der Waals surface area contributed by atoms with Gasteiger partial charge in [0, 0.05) is 37.4 Å². The van der Waals surface area contributed by atoms with E-state index in [4.69, 9.17) is 21.8 Å². The quantitative estimate of drug-likeness (QED) is 0.839. The van der Waals surface area contributed by atoms with Gasteiger partial charge in [-0.25, -0.2) is 4.98 Å². The van der Waals surface area contributed by atoms with Gasteiger partial charge in [-0.3, -0.25) is 9.59 Å². The summed E-state index contributed by atoms with van der Waals surface area (Å²) in [6, 6.07) is 7.29. The fourth-order valence-electron chi connectivity index (χ4n) is 3.34. The molecule has 138 valence electrons. The third kappa shape index (κ3) is 4.43. The van der Waals surface area contributed by atoms with E-state index in [1.54, 1.807) is 17.2 Å². The van der Waals surface area contributed by atoms with Gasteiger partial charge in [-0.05, 0) is 31.4 Å². The number of piperidine rings is 1. The summed E-state index contributed by atoms with van der Waals surface area (Å²) < 4.78 is 5.74. The number of nitrogens with zero attached hydrogens (tertiary/aromatic N) is 2. The molecule has 1 aromatic carbocycles. The first-order chi connectivity index (χ1) is 12.5. The van der Waals surface area contributed by atoms with Gasteiger partial charge in [0.25, 0.3) is 0 Å². The van der Waals surface area contributed by atoms with E-state index in [0.717, 1.165) is 24.8 Å². The van der Waals surface area contributed by atoms with Crippen LogP contribution in [-0.4, -0.2) is 34.3 Å². The van der Waals surface area contributed by atoms with Crippen LogP contribution in [0, 0.1) is 0 Å². The Hall–Kier alpha value is -2.34. The number of aryl methyl sites for hydroxylation is 1. The molecule has 2 N–H and O–H groups in total. The van der Waals surface area contributed by atoms with Gasteiger partial charge in [-0.1, -0.05) is 23.7 Å². The highest BCUT2D eigenvalue weighted by Crippen LogP contribution is 2.28. The molecule has 2 amide bonds. The monoisotopic (exact) mass is 375 g/mol. The van der Waals surface area contributed by atoms with E-state index in [-0.39, 0.29) is 30.7 Å². The zero-order valence-electron chi connectivity index (χ0n) is 14.5. The van der Waals surface area contributed by atoms with Gasteiger partial charge in [-0.2, -0.15) is 0 Å². The highest BCUT2D eigenvalue weighted by atomic mass is 35.5. The van der Waals surface area contributed by atoms with Gasteiger partial charge in [0.1, 0.15) is 0 Å². The Morgan fingerprint density at radius 2 is 2.12 bits per heavy atom. The standard InChI is InChI=1S/C19H22ClN3O3/c20-15-7-2-1-6-14(15)16-12-22-18(26-16)8-9-19(25)23-10-4-3-5-13(23)11-17(21)24/h1-2,6-7,12-13H,3-5,8-11H2,(H2,21,24). The van der Waals surface area contributed by atoms with Crippen LogP contribution in [0.15, 0.2) is 34.9 Å². The molecule has 1 aromatic heterocycles. The van der Waals surface area contributed by atoms with Gasteiger partial charge in [0.05, 0.1) is 11.2 Å². The molecule has 6 nitrogen and oxygen atoms in total. The van der Waals surface area contributed by atoms with Crippen LogP contribution in [0.2, 0.25) is 5.02 Å². The molecule has 2 heterocycles. The minimum Gasteiger partial charge on any atom is -0.441 e. The smallest absolute Gasteiger partial charge is 0.223 e.